The van der Waals surface area contributed by atoms with E-state index in [1.165, 1.54) is 6.21 Å². The van der Waals surface area contributed by atoms with Crippen molar-refractivity contribution in [2.24, 2.45) is 5.10 Å². The molecule has 0 aliphatic heterocycles. The van der Waals surface area contributed by atoms with E-state index in [-0.39, 0.29) is 12.5 Å². The lowest BCUT2D eigenvalue weighted by atomic mass is 10.2. The van der Waals surface area contributed by atoms with Gasteiger partial charge in [0.2, 0.25) is 0 Å². The number of hydrogen-bond acceptors (Lipinski definition) is 5. The number of para-hydroxylation sites is 1. The summed E-state index contributed by atoms with van der Waals surface area (Å²) in [6, 6.07) is 15.8. The largest absolute Gasteiger partial charge is 0.494 e. The Labute approximate surface area is 140 Å². The Balaban J connectivity index is 1.98. The van der Waals surface area contributed by atoms with Gasteiger partial charge in [0.1, 0.15) is 17.6 Å². The molecule has 122 valence electrons. The van der Waals surface area contributed by atoms with Gasteiger partial charge in [0.05, 0.1) is 12.8 Å². The van der Waals surface area contributed by atoms with E-state index < -0.39 is 0 Å². The molecule has 2 aromatic carbocycles. The van der Waals surface area contributed by atoms with Gasteiger partial charge in [-0.3, -0.25) is 4.79 Å². The predicted octanol–water partition coefficient (Wildman–Crippen LogP) is 2.75. The van der Waals surface area contributed by atoms with E-state index in [1.807, 2.05) is 19.1 Å². The fraction of sp³-hybridized carbons (Fsp3) is 0.167. The number of amides is 1. The molecule has 6 nitrogen and oxygen atoms in total. The van der Waals surface area contributed by atoms with Gasteiger partial charge in [-0.1, -0.05) is 12.1 Å². The van der Waals surface area contributed by atoms with Crippen LogP contribution in [0.4, 0.5) is 0 Å². The normalized spacial score (nSPS) is 10.2. The molecule has 0 aliphatic rings. The summed E-state index contributed by atoms with van der Waals surface area (Å²) in [5, 5.41) is 12.5. The standard InChI is InChI=1S/C18H17N3O3/c1-2-23-16-9-7-14(8-10-16)18(22)21-20-13-15-5-3-4-6-17(15)24-12-11-19/h3-10,13H,2,12H2,1H3,(H,21,22)/b20-13+. The van der Waals surface area contributed by atoms with Gasteiger partial charge >= 0.3 is 0 Å². The summed E-state index contributed by atoms with van der Waals surface area (Å²) in [5.74, 6) is 0.906. The van der Waals surface area contributed by atoms with Gasteiger partial charge in [-0.25, -0.2) is 5.43 Å². The Bertz CT molecular complexity index is 749. The Kier molecular flexibility index (Phi) is 6.35. The van der Waals surface area contributed by atoms with Crippen molar-refractivity contribution in [1.82, 2.24) is 5.43 Å². The van der Waals surface area contributed by atoms with E-state index in [0.717, 1.165) is 0 Å². The van der Waals surface area contributed by atoms with Crippen molar-refractivity contribution in [1.29, 1.82) is 5.26 Å². The number of rotatable bonds is 7. The van der Waals surface area contributed by atoms with Crippen molar-refractivity contribution < 1.29 is 14.3 Å². The molecule has 0 saturated heterocycles. The van der Waals surface area contributed by atoms with Crippen LogP contribution in [0, 0.1) is 11.3 Å². The van der Waals surface area contributed by atoms with Gasteiger partial charge in [-0.05, 0) is 43.3 Å². The number of carbonyl (C=O) groups is 1. The van der Waals surface area contributed by atoms with Crippen molar-refractivity contribution in [3.8, 4) is 17.6 Å². The number of hydrogen-bond donors (Lipinski definition) is 1. The highest BCUT2D eigenvalue weighted by atomic mass is 16.5. The molecule has 0 atom stereocenters. The average molecular weight is 323 g/mol. The highest BCUT2D eigenvalue weighted by Crippen LogP contribution is 2.15. The molecule has 0 heterocycles. The van der Waals surface area contributed by atoms with Gasteiger partial charge < -0.3 is 9.47 Å². The summed E-state index contributed by atoms with van der Waals surface area (Å²) in [6.07, 6.45) is 1.47. The maximum absolute atomic E-state index is 12.0. The summed E-state index contributed by atoms with van der Waals surface area (Å²) in [7, 11) is 0. The summed E-state index contributed by atoms with van der Waals surface area (Å²) >= 11 is 0. The second-order valence-corrected chi connectivity index (χ2v) is 4.64. The number of ether oxygens (including phenoxy) is 2. The maximum Gasteiger partial charge on any atom is 0.271 e. The van der Waals surface area contributed by atoms with Gasteiger partial charge in [0.15, 0.2) is 6.61 Å². The summed E-state index contributed by atoms with van der Waals surface area (Å²) in [5.41, 5.74) is 3.59. The topological polar surface area (TPSA) is 83.7 Å². The second kappa shape index (κ2) is 8.96. The lowest BCUT2D eigenvalue weighted by molar-refractivity contribution is 0.0955. The van der Waals surface area contributed by atoms with Crippen LogP contribution in [0.5, 0.6) is 11.5 Å². The monoisotopic (exact) mass is 323 g/mol. The zero-order valence-corrected chi connectivity index (χ0v) is 13.2. The maximum atomic E-state index is 12.0. The first-order chi connectivity index (χ1) is 11.7. The van der Waals surface area contributed by atoms with Crippen LogP contribution in [0.2, 0.25) is 0 Å². The first kappa shape index (κ1) is 17.0. The van der Waals surface area contributed by atoms with Crippen molar-refractivity contribution in [2.75, 3.05) is 13.2 Å². The molecule has 2 rings (SSSR count). The number of carbonyl (C=O) groups excluding carboxylic acids is 1. The smallest absolute Gasteiger partial charge is 0.271 e. The van der Waals surface area contributed by atoms with Crippen molar-refractivity contribution in [3.63, 3.8) is 0 Å². The van der Waals surface area contributed by atoms with E-state index in [1.54, 1.807) is 42.5 Å². The molecule has 0 bridgehead atoms. The summed E-state index contributed by atoms with van der Waals surface area (Å²) < 4.78 is 10.6. The molecule has 0 saturated carbocycles. The van der Waals surface area contributed by atoms with Gasteiger partial charge in [0.25, 0.3) is 5.91 Å². The van der Waals surface area contributed by atoms with Crippen molar-refractivity contribution in [3.05, 3.63) is 59.7 Å². The zero-order chi connectivity index (χ0) is 17.2. The quantitative estimate of drug-likeness (QED) is 0.627. The molecular formula is C18H17N3O3. The van der Waals surface area contributed by atoms with E-state index in [9.17, 15) is 4.79 Å². The van der Waals surface area contributed by atoms with E-state index in [4.69, 9.17) is 14.7 Å². The Morgan fingerprint density at radius 3 is 2.67 bits per heavy atom. The summed E-state index contributed by atoms with van der Waals surface area (Å²) in [6.45, 7) is 2.42. The molecule has 1 amide bonds. The fourth-order valence-corrected chi connectivity index (χ4v) is 1.92. The number of hydrazone groups is 1. The van der Waals surface area contributed by atoms with Crippen LogP contribution in [0.1, 0.15) is 22.8 Å². The fourth-order valence-electron chi connectivity index (χ4n) is 1.92. The van der Waals surface area contributed by atoms with Crippen LogP contribution >= 0.6 is 0 Å². The van der Waals surface area contributed by atoms with Crippen LogP contribution in [0.3, 0.4) is 0 Å². The zero-order valence-electron chi connectivity index (χ0n) is 13.2. The highest BCUT2D eigenvalue weighted by Gasteiger charge is 2.05. The van der Waals surface area contributed by atoms with Crippen LogP contribution < -0.4 is 14.9 Å². The van der Waals surface area contributed by atoms with Crippen molar-refractivity contribution >= 4 is 12.1 Å². The Morgan fingerprint density at radius 2 is 1.96 bits per heavy atom. The van der Waals surface area contributed by atoms with Gasteiger partial charge in [0, 0.05) is 11.1 Å². The minimum absolute atomic E-state index is 0.0522. The molecule has 1 N–H and O–H groups in total. The third-order valence-corrected chi connectivity index (χ3v) is 3.01. The first-order valence-electron chi connectivity index (χ1n) is 7.39. The SMILES string of the molecule is CCOc1ccc(C(=O)N/N=C/c2ccccc2OCC#N)cc1. The van der Waals surface area contributed by atoms with Gasteiger partial charge in [-0.2, -0.15) is 10.4 Å². The number of nitriles is 1. The molecule has 6 heteroatoms. The van der Waals surface area contributed by atoms with Crippen LogP contribution in [-0.4, -0.2) is 25.3 Å². The third kappa shape index (κ3) is 4.85. The lowest BCUT2D eigenvalue weighted by Crippen LogP contribution is -2.17. The molecule has 2 aromatic rings. The molecule has 0 aliphatic carbocycles. The number of nitrogens with one attached hydrogen (secondary N) is 1. The number of nitrogens with zero attached hydrogens (tertiary/aromatic N) is 2. The minimum Gasteiger partial charge on any atom is -0.494 e. The highest BCUT2D eigenvalue weighted by molar-refractivity contribution is 5.95. The third-order valence-electron chi connectivity index (χ3n) is 3.01. The second-order valence-electron chi connectivity index (χ2n) is 4.64. The Hall–Kier alpha value is -3.33. The first-order valence-corrected chi connectivity index (χ1v) is 7.39. The van der Waals surface area contributed by atoms with Crippen LogP contribution in [-0.2, 0) is 0 Å². The predicted molar refractivity (Wildman–Crippen MR) is 90.2 cm³/mol. The van der Waals surface area contributed by atoms with E-state index in [2.05, 4.69) is 10.5 Å². The molecular weight excluding hydrogens is 306 g/mol. The molecule has 0 aromatic heterocycles. The molecule has 24 heavy (non-hydrogen) atoms. The van der Waals surface area contributed by atoms with Gasteiger partial charge in [-0.15, -0.1) is 0 Å². The van der Waals surface area contributed by atoms with Crippen LogP contribution in [0.25, 0.3) is 0 Å². The average Bonchev–Trinajstić information content (AvgIpc) is 2.61. The van der Waals surface area contributed by atoms with E-state index in [0.29, 0.717) is 29.2 Å². The van der Waals surface area contributed by atoms with Crippen molar-refractivity contribution in [2.45, 2.75) is 6.92 Å². The molecule has 0 radical (unpaired) electrons. The Morgan fingerprint density at radius 1 is 1.21 bits per heavy atom. The molecule has 0 spiro atoms. The number of benzene rings is 2. The van der Waals surface area contributed by atoms with Crippen LogP contribution in [0.15, 0.2) is 53.6 Å². The molecule has 0 unspecified atom stereocenters. The minimum atomic E-state index is -0.329. The lowest BCUT2D eigenvalue weighted by Gasteiger charge is -2.05. The van der Waals surface area contributed by atoms with E-state index >= 15 is 0 Å². The molecule has 0 fully saturated rings. The summed E-state index contributed by atoms with van der Waals surface area (Å²) in [4.78, 5) is 12.0.